The number of hydrogen-bond acceptors (Lipinski definition) is 3. The average Bonchev–Trinajstić information content (AvgIpc) is 2.38. The third-order valence-electron chi connectivity index (χ3n) is 3.56. The molecule has 0 aromatic carbocycles. The normalized spacial score (nSPS) is 22.7. The highest BCUT2D eigenvalue weighted by Crippen LogP contribution is 2.26. The Morgan fingerprint density at radius 1 is 1.61 bits per heavy atom. The quantitative estimate of drug-likeness (QED) is 0.894. The van der Waals surface area contributed by atoms with E-state index in [2.05, 4.69) is 9.88 Å². The van der Waals surface area contributed by atoms with Gasteiger partial charge in [-0.1, -0.05) is 0 Å². The van der Waals surface area contributed by atoms with E-state index >= 15 is 0 Å². The largest absolute Gasteiger partial charge is 0.481 e. The van der Waals surface area contributed by atoms with Crippen molar-refractivity contribution in [3.05, 3.63) is 29.8 Å². The molecule has 0 spiro atoms. The molecule has 2 atom stereocenters. The summed E-state index contributed by atoms with van der Waals surface area (Å²) in [6, 6.07) is 1.46. The zero-order valence-corrected chi connectivity index (χ0v) is 10.3. The molecular formula is C13H17FN2O2. The number of carboxylic acids is 1. The summed E-state index contributed by atoms with van der Waals surface area (Å²) in [5.74, 6) is -1.42. The molecule has 0 amide bonds. The molecule has 0 saturated carbocycles. The molecule has 18 heavy (non-hydrogen) atoms. The maximum atomic E-state index is 13.1. The first-order valence-corrected chi connectivity index (χ1v) is 6.15. The van der Waals surface area contributed by atoms with Crippen molar-refractivity contribution in [1.82, 2.24) is 9.88 Å². The number of carbonyl (C=O) groups is 1. The molecule has 2 unspecified atom stereocenters. The number of nitrogens with zero attached hydrogens (tertiary/aromatic N) is 2. The van der Waals surface area contributed by atoms with E-state index in [4.69, 9.17) is 5.11 Å². The van der Waals surface area contributed by atoms with Gasteiger partial charge in [0.1, 0.15) is 5.82 Å². The van der Waals surface area contributed by atoms with Gasteiger partial charge in [0.25, 0.3) is 0 Å². The van der Waals surface area contributed by atoms with E-state index in [1.165, 1.54) is 12.3 Å². The summed E-state index contributed by atoms with van der Waals surface area (Å²) in [5, 5.41) is 9.05. The molecule has 0 aliphatic carbocycles. The van der Waals surface area contributed by atoms with Crippen molar-refractivity contribution in [2.45, 2.75) is 25.8 Å². The second-order valence-electron chi connectivity index (χ2n) is 4.78. The molecule has 2 rings (SSSR count). The molecule has 1 aromatic heterocycles. The fraction of sp³-hybridized carbons (Fsp3) is 0.538. The summed E-state index contributed by atoms with van der Waals surface area (Å²) in [6.07, 6.45) is 4.40. The standard InChI is InChI=1S/C13H17FN2O2/c1-9(11-5-12(14)7-15-6-11)16-4-2-3-10(8-16)13(17)18/h5-7,9-10H,2-4,8H2,1H3,(H,17,18). The maximum absolute atomic E-state index is 13.1. The Labute approximate surface area is 105 Å². The van der Waals surface area contributed by atoms with Crippen LogP contribution in [-0.2, 0) is 4.79 Å². The van der Waals surface area contributed by atoms with Gasteiger partial charge in [-0.3, -0.25) is 14.7 Å². The molecule has 1 aliphatic rings. The van der Waals surface area contributed by atoms with Crippen LogP contribution in [0.2, 0.25) is 0 Å². The molecule has 1 fully saturated rings. The van der Waals surface area contributed by atoms with E-state index in [1.54, 1.807) is 6.20 Å². The average molecular weight is 252 g/mol. The summed E-state index contributed by atoms with van der Waals surface area (Å²) in [7, 11) is 0. The lowest BCUT2D eigenvalue weighted by atomic mass is 9.96. The minimum atomic E-state index is -0.746. The minimum absolute atomic E-state index is 0.00431. The second-order valence-corrected chi connectivity index (χ2v) is 4.78. The lowest BCUT2D eigenvalue weighted by Gasteiger charge is -2.35. The first-order chi connectivity index (χ1) is 8.58. The van der Waals surface area contributed by atoms with Crippen LogP contribution in [0, 0.1) is 11.7 Å². The minimum Gasteiger partial charge on any atom is -0.481 e. The van der Waals surface area contributed by atoms with E-state index in [-0.39, 0.29) is 17.8 Å². The van der Waals surface area contributed by atoms with E-state index in [0.29, 0.717) is 6.54 Å². The van der Waals surface area contributed by atoms with Gasteiger partial charge in [0.05, 0.1) is 12.1 Å². The SMILES string of the molecule is CC(c1cncc(F)c1)N1CCCC(C(=O)O)C1. The topological polar surface area (TPSA) is 53.4 Å². The van der Waals surface area contributed by atoms with E-state index in [1.807, 2.05) is 6.92 Å². The highest BCUT2D eigenvalue weighted by Gasteiger charge is 2.28. The predicted octanol–water partition coefficient (Wildman–Crippen LogP) is 2.08. The second kappa shape index (κ2) is 5.44. The van der Waals surface area contributed by atoms with Crippen molar-refractivity contribution in [1.29, 1.82) is 0 Å². The Morgan fingerprint density at radius 3 is 3.06 bits per heavy atom. The Hall–Kier alpha value is -1.49. The van der Waals surface area contributed by atoms with Crippen LogP contribution in [0.15, 0.2) is 18.5 Å². The van der Waals surface area contributed by atoms with Gasteiger partial charge in [-0.25, -0.2) is 4.39 Å². The molecule has 4 nitrogen and oxygen atoms in total. The van der Waals surface area contributed by atoms with Crippen molar-refractivity contribution in [3.8, 4) is 0 Å². The van der Waals surface area contributed by atoms with Crippen LogP contribution in [-0.4, -0.2) is 34.0 Å². The van der Waals surface area contributed by atoms with Gasteiger partial charge in [-0.05, 0) is 37.9 Å². The number of hydrogen-bond donors (Lipinski definition) is 1. The molecule has 0 bridgehead atoms. The van der Waals surface area contributed by atoms with Crippen LogP contribution in [0.1, 0.15) is 31.4 Å². The smallest absolute Gasteiger partial charge is 0.307 e. The van der Waals surface area contributed by atoms with E-state index < -0.39 is 5.97 Å². The number of aromatic nitrogens is 1. The number of likely N-dealkylation sites (tertiary alicyclic amines) is 1. The van der Waals surface area contributed by atoms with Crippen LogP contribution in [0.3, 0.4) is 0 Å². The maximum Gasteiger partial charge on any atom is 0.307 e. The van der Waals surface area contributed by atoms with E-state index in [9.17, 15) is 9.18 Å². The van der Waals surface area contributed by atoms with Gasteiger partial charge < -0.3 is 5.11 Å². The van der Waals surface area contributed by atoms with Crippen molar-refractivity contribution in [2.24, 2.45) is 5.92 Å². The molecule has 2 heterocycles. The summed E-state index contributed by atoms with van der Waals surface area (Å²) in [6.45, 7) is 3.33. The molecule has 98 valence electrons. The molecule has 0 radical (unpaired) electrons. The highest BCUT2D eigenvalue weighted by molar-refractivity contribution is 5.70. The van der Waals surface area contributed by atoms with Crippen molar-refractivity contribution < 1.29 is 14.3 Å². The lowest BCUT2D eigenvalue weighted by Crippen LogP contribution is -2.40. The van der Waals surface area contributed by atoms with Crippen molar-refractivity contribution in [2.75, 3.05) is 13.1 Å². The summed E-state index contributed by atoms with van der Waals surface area (Å²) >= 11 is 0. The van der Waals surface area contributed by atoms with Gasteiger partial charge in [-0.2, -0.15) is 0 Å². The predicted molar refractivity (Wildman–Crippen MR) is 64.5 cm³/mol. The third-order valence-corrected chi connectivity index (χ3v) is 3.56. The number of pyridine rings is 1. The van der Waals surface area contributed by atoms with Gasteiger partial charge in [0.15, 0.2) is 0 Å². The van der Waals surface area contributed by atoms with Gasteiger partial charge in [0, 0.05) is 18.8 Å². The zero-order chi connectivity index (χ0) is 13.1. The van der Waals surface area contributed by atoms with Gasteiger partial charge in [-0.15, -0.1) is 0 Å². The Bertz CT molecular complexity index is 439. The molecule has 1 aromatic rings. The number of aliphatic carboxylic acids is 1. The number of piperidine rings is 1. The zero-order valence-electron chi connectivity index (χ0n) is 10.3. The van der Waals surface area contributed by atoms with Crippen molar-refractivity contribution in [3.63, 3.8) is 0 Å². The molecule has 1 N–H and O–H groups in total. The Kier molecular flexibility index (Phi) is 3.91. The highest BCUT2D eigenvalue weighted by atomic mass is 19.1. The number of rotatable bonds is 3. The summed E-state index contributed by atoms with van der Waals surface area (Å²) in [4.78, 5) is 16.9. The molecule has 5 heteroatoms. The van der Waals surface area contributed by atoms with Crippen LogP contribution in [0.4, 0.5) is 4.39 Å². The third kappa shape index (κ3) is 2.85. The van der Waals surface area contributed by atoms with E-state index in [0.717, 1.165) is 24.9 Å². The van der Waals surface area contributed by atoms with Crippen LogP contribution in [0.25, 0.3) is 0 Å². The lowest BCUT2D eigenvalue weighted by molar-refractivity contribution is -0.143. The van der Waals surface area contributed by atoms with Crippen molar-refractivity contribution >= 4 is 5.97 Å². The molecule has 1 saturated heterocycles. The number of carboxylic acid groups (broad SMARTS) is 1. The monoisotopic (exact) mass is 252 g/mol. The van der Waals surface area contributed by atoms with Crippen LogP contribution >= 0.6 is 0 Å². The van der Waals surface area contributed by atoms with Crippen LogP contribution in [0.5, 0.6) is 0 Å². The fourth-order valence-electron chi connectivity index (χ4n) is 2.43. The summed E-state index contributed by atoms with van der Waals surface area (Å²) in [5.41, 5.74) is 0.793. The van der Waals surface area contributed by atoms with Gasteiger partial charge >= 0.3 is 5.97 Å². The summed E-state index contributed by atoms with van der Waals surface area (Å²) < 4.78 is 13.1. The van der Waals surface area contributed by atoms with Crippen LogP contribution < -0.4 is 0 Å². The molecular weight excluding hydrogens is 235 g/mol. The fourth-order valence-corrected chi connectivity index (χ4v) is 2.43. The first-order valence-electron chi connectivity index (χ1n) is 6.15. The first kappa shape index (κ1) is 13.0. The Balaban J connectivity index is 2.09. The number of halogens is 1. The molecule has 1 aliphatic heterocycles. The van der Waals surface area contributed by atoms with Gasteiger partial charge in [0.2, 0.25) is 0 Å². The Morgan fingerprint density at radius 2 is 2.39 bits per heavy atom.